The van der Waals surface area contributed by atoms with E-state index >= 15 is 0 Å². The molecule has 1 aromatic rings. The zero-order chi connectivity index (χ0) is 25.0. The maximum atomic E-state index is 12.7. The number of carbonyl (C=O) groups is 2. The molecule has 35 heavy (non-hydrogen) atoms. The lowest BCUT2D eigenvalue weighted by Gasteiger charge is -2.25. The highest BCUT2D eigenvalue weighted by Gasteiger charge is 2.36. The first-order valence-corrected chi connectivity index (χ1v) is 14.2. The Hall–Kier alpha value is -2.10. The third-order valence-corrected chi connectivity index (χ3v) is 6.98. The Bertz CT molecular complexity index is 712. The SMILES string of the molecule is CCCCCCCCCCCCCCOC(=O)C1CC=CCC1C(=O)OCCCc1ccccc1. The Morgan fingerprint density at radius 2 is 1.11 bits per heavy atom. The quantitative estimate of drug-likeness (QED) is 0.113. The van der Waals surface area contributed by atoms with Crippen LogP contribution in [0.15, 0.2) is 42.5 Å². The molecule has 0 N–H and O–H groups in total. The van der Waals surface area contributed by atoms with E-state index in [0.29, 0.717) is 26.1 Å². The fraction of sp³-hybridized carbons (Fsp3) is 0.677. The van der Waals surface area contributed by atoms with Crippen molar-refractivity contribution in [2.45, 2.75) is 110 Å². The van der Waals surface area contributed by atoms with E-state index in [1.54, 1.807) is 0 Å². The van der Waals surface area contributed by atoms with Crippen molar-refractivity contribution in [2.24, 2.45) is 11.8 Å². The number of esters is 2. The third kappa shape index (κ3) is 13.0. The van der Waals surface area contributed by atoms with Crippen molar-refractivity contribution in [3.05, 3.63) is 48.0 Å². The summed E-state index contributed by atoms with van der Waals surface area (Å²) in [5, 5.41) is 0. The smallest absolute Gasteiger partial charge is 0.310 e. The second-order valence-electron chi connectivity index (χ2n) is 9.97. The van der Waals surface area contributed by atoms with Gasteiger partial charge < -0.3 is 9.47 Å². The van der Waals surface area contributed by atoms with Crippen molar-refractivity contribution >= 4 is 11.9 Å². The lowest BCUT2D eigenvalue weighted by atomic mass is 9.83. The van der Waals surface area contributed by atoms with Gasteiger partial charge in [-0.15, -0.1) is 0 Å². The molecule has 1 aromatic carbocycles. The minimum Gasteiger partial charge on any atom is -0.465 e. The summed E-state index contributed by atoms with van der Waals surface area (Å²) in [6.07, 6.45) is 22.1. The molecule has 0 bridgehead atoms. The van der Waals surface area contributed by atoms with E-state index in [-0.39, 0.29) is 11.9 Å². The van der Waals surface area contributed by atoms with Crippen LogP contribution in [-0.2, 0) is 25.5 Å². The summed E-state index contributed by atoms with van der Waals surface area (Å²) in [7, 11) is 0. The maximum absolute atomic E-state index is 12.7. The molecule has 0 heterocycles. The number of ether oxygens (including phenoxy) is 2. The summed E-state index contributed by atoms with van der Waals surface area (Å²) in [5.41, 5.74) is 1.24. The molecule has 0 amide bonds. The fourth-order valence-corrected chi connectivity index (χ4v) is 4.76. The van der Waals surface area contributed by atoms with Crippen LogP contribution in [0.4, 0.5) is 0 Å². The molecule has 2 atom stereocenters. The van der Waals surface area contributed by atoms with Gasteiger partial charge in [0.05, 0.1) is 25.0 Å². The number of carbonyl (C=O) groups excluding carboxylic acids is 2. The van der Waals surface area contributed by atoms with E-state index in [4.69, 9.17) is 9.47 Å². The van der Waals surface area contributed by atoms with Crippen LogP contribution in [0, 0.1) is 11.8 Å². The van der Waals surface area contributed by atoms with Gasteiger partial charge in [-0.3, -0.25) is 9.59 Å². The van der Waals surface area contributed by atoms with Crippen molar-refractivity contribution in [2.75, 3.05) is 13.2 Å². The van der Waals surface area contributed by atoms with Gasteiger partial charge >= 0.3 is 11.9 Å². The van der Waals surface area contributed by atoms with Gasteiger partial charge in [0.15, 0.2) is 0 Å². The van der Waals surface area contributed by atoms with Gasteiger partial charge in [0.2, 0.25) is 0 Å². The average Bonchev–Trinajstić information content (AvgIpc) is 2.89. The molecule has 0 aromatic heterocycles. The standard InChI is InChI=1S/C31H48O4/c1-2-3-4-5-6-7-8-9-10-11-12-18-25-34-30(32)28-23-16-17-24-29(28)31(33)35-26-19-22-27-20-14-13-15-21-27/h13-17,20-21,28-29H,2-12,18-19,22-26H2,1H3. The monoisotopic (exact) mass is 484 g/mol. The van der Waals surface area contributed by atoms with Crippen LogP contribution in [0.1, 0.15) is 109 Å². The van der Waals surface area contributed by atoms with Crippen molar-refractivity contribution in [3.63, 3.8) is 0 Å². The Balaban J connectivity index is 1.52. The van der Waals surface area contributed by atoms with Gasteiger partial charge in [-0.25, -0.2) is 0 Å². The number of hydrogen-bond donors (Lipinski definition) is 0. The van der Waals surface area contributed by atoms with Crippen LogP contribution < -0.4 is 0 Å². The molecule has 2 rings (SSSR count). The minimum absolute atomic E-state index is 0.247. The molecule has 1 aliphatic rings. The van der Waals surface area contributed by atoms with Gasteiger partial charge in [-0.1, -0.05) is 120 Å². The van der Waals surface area contributed by atoms with E-state index in [2.05, 4.69) is 19.1 Å². The Kier molecular flexibility index (Phi) is 15.9. The second-order valence-corrected chi connectivity index (χ2v) is 9.97. The summed E-state index contributed by atoms with van der Waals surface area (Å²) in [4.78, 5) is 25.3. The highest BCUT2D eigenvalue weighted by atomic mass is 16.5. The van der Waals surface area contributed by atoms with Crippen LogP contribution in [0.3, 0.4) is 0 Å². The number of hydrogen-bond acceptors (Lipinski definition) is 4. The zero-order valence-electron chi connectivity index (χ0n) is 22.1. The maximum Gasteiger partial charge on any atom is 0.310 e. The number of aryl methyl sites for hydroxylation is 1. The van der Waals surface area contributed by atoms with Crippen molar-refractivity contribution < 1.29 is 19.1 Å². The second kappa shape index (κ2) is 19.1. The van der Waals surface area contributed by atoms with Gasteiger partial charge in [-0.2, -0.15) is 0 Å². The molecule has 4 heteroatoms. The summed E-state index contributed by atoms with van der Waals surface area (Å²) >= 11 is 0. The molecule has 0 saturated heterocycles. The topological polar surface area (TPSA) is 52.6 Å². The normalized spacial score (nSPS) is 17.3. The predicted molar refractivity (Wildman–Crippen MR) is 143 cm³/mol. The minimum atomic E-state index is -0.425. The summed E-state index contributed by atoms with van der Waals surface area (Å²) in [6.45, 7) is 3.10. The molecule has 0 radical (unpaired) electrons. The first-order chi connectivity index (χ1) is 17.2. The van der Waals surface area contributed by atoms with Gasteiger partial charge in [-0.05, 0) is 37.7 Å². The number of rotatable bonds is 19. The Morgan fingerprint density at radius 1 is 0.657 bits per heavy atom. The van der Waals surface area contributed by atoms with Crippen molar-refractivity contribution in [1.82, 2.24) is 0 Å². The molecule has 1 aliphatic carbocycles. The Labute approximate surface area is 213 Å². The number of allylic oxidation sites excluding steroid dienone is 2. The van der Waals surface area contributed by atoms with Gasteiger partial charge in [0.1, 0.15) is 0 Å². The average molecular weight is 485 g/mol. The largest absolute Gasteiger partial charge is 0.465 e. The molecule has 196 valence electrons. The first-order valence-electron chi connectivity index (χ1n) is 14.2. The molecular formula is C31H48O4. The first kappa shape index (κ1) is 29.1. The highest BCUT2D eigenvalue weighted by molar-refractivity contribution is 5.82. The van der Waals surface area contributed by atoms with Crippen molar-refractivity contribution in [3.8, 4) is 0 Å². The summed E-state index contributed by atoms with van der Waals surface area (Å²) in [6, 6.07) is 10.2. The van der Waals surface area contributed by atoms with Gasteiger partial charge in [0.25, 0.3) is 0 Å². The molecule has 0 saturated carbocycles. The molecule has 0 spiro atoms. The Morgan fingerprint density at radius 3 is 1.63 bits per heavy atom. The number of benzene rings is 1. The highest BCUT2D eigenvalue weighted by Crippen LogP contribution is 2.28. The zero-order valence-corrected chi connectivity index (χ0v) is 22.1. The molecule has 4 nitrogen and oxygen atoms in total. The van der Waals surface area contributed by atoms with Crippen molar-refractivity contribution in [1.29, 1.82) is 0 Å². The van der Waals surface area contributed by atoms with Crippen LogP contribution in [0.5, 0.6) is 0 Å². The van der Waals surface area contributed by atoms with Crippen LogP contribution in [0.2, 0.25) is 0 Å². The molecule has 2 unspecified atom stereocenters. The third-order valence-electron chi connectivity index (χ3n) is 6.98. The predicted octanol–water partition coefficient (Wildman–Crippen LogP) is 7.99. The molecule has 0 aliphatic heterocycles. The van der Waals surface area contributed by atoms with Crippen LogP contribution in [-0.4, -0.2) is 25.2 Å². The molecule has 0 fully saturated rings. The lowest BCUT2D eigenvalue weighted by molar-refractivity contribution is -0.161. The lowest BCUT2D eigenvalue weighted by Crippen LogP contribution is -2.34. The van der Waals surface area contributed by atoms with E-state index in [1.165, 1.54) is 69.8 Å². The van der Waals surface area contributed by atoms with Crippen LogP contribution in [0.25, 0.3) is 0 Å². The number of unbranched alkanes of at least 4 members (excludes halogenated alkanes) is 11. The van der Waals surface area contributed by atoms with E-state index < -0.39 is 11.8 Å². The van der Waals surface area contributed by atoms with Gasteiger partial charge in [0, 0.05) is 0 Å². The van der Waals surface area contributed by atoms with Crippen LogP contribution >= 0.6 is 0 Å². The summed E-state index contributed by atoms with van der Waals surface area (Å²) in [5.74, 6) is -1.36. The van der Waals surface area contributed by atoms with E-state index in [1.807, 2.05) is 30.4 Å². The van der Waals surface area contributed by atoms with E-state index in [9.17, 15) is 9.59 Å². The summed E-state index contributed by atoms with van der Waals surface area (Å²) < 4.78 is 11.1. The fourth-order valence-electron chi connectivity index (χ4n) is 4.76. The molecular weight excluding hydrogens is 436 g/mol. The van der Waals surface area contributed by atoms with E-state index in [0.717, 1.165) is 25.7 Å².